The Labute approximate surface area is 105 Å². The van der Waals surface area contributed by atoms with E-state index in [1.807, 2.05) is 18.7 Å². The van der Waals surface area contributed by atoms with E-state index < -0.39 is 5.41 Å². The molecule has 1 aliphatic heterocycles. The number of hydrogen-bond acceptors (Lipinski definition) is 2. The van der Waals surface area contributed by atoms with Crippen LogP contribution in [0, 0.1) is 16.7 Å². The van der Waals surface area contributed by atoms with Crippen LogP contribution in [-0.2, 0) is 4.79 Å². The molecule has 0 unspecified atom stereocenters. The van der Waals surface area contributed by atoms with E-state index in [0.717, 1.165) is 25.9 Å². The zero-order valence-electron chi connectivity index (χ0n) is 11.2. The van der Waals surface area contributed by atoms with Gasteiger partial charge in [0.25, 0.3) is 0 Å². The average molecular weight is 236 g/mol. The van der Waals surface area contributed by atoms with E-state index >= 15 is 0 Å². The van der Waals surface area contributed by atoms with Gasteiger partial charge in [-0.2, -0.15) is 5.26 Å². The molecule has 1 aliphatic rings. The molecule has 3 heteroatoms. The molecule has 0 spiro atoms. The maximum Gasteiger partial charge on any atom is 0.243 e. The van der Waals surface area contributed by atoms with Crippen molar-refractivity contribution in [1.82, 2.24) is 4.90 Å². The highest BCUT2D eigenvalue weighted by atomic mass is 16.2. The highest BCUT2D eigenvalue weighted by Gasteiger charge is 2.38. The summed E-state index contributed by atoms with van der Waals surface area (Å²) in [5.41, 5.74) is -0.779. The summed E-state index contributed by atoms with van der Waals surface area (Å²) in [6.07, 6.45) is 7.11. The molecule has 0 aromatic rings. The van der Waals surface area contributed by atoms with Gasteiger partial charge in [-0.15, -0.1) is 0 Å². The Hall–Kier alpha value is -1.04. The molecule has 0 bridgehead atoms. The Morgan fingerprint density at radius 1 is 1.12 bits per heavy atom. The Morgan fingerprint density at radius 2 is 1.59 bits per heavy atom. The fourth-order valence-corrected chi connectivity index (χ4v) is 2.51. The van der Waals surface area contributed by atoms with Gasteiger partial charge in [-0.25, -0.2) is 0 Å². The predicted octanol–water partition coefficient (Wildman–Crippen LogP) is 3.11. The van der Waals surface area contributed by atoms with Gasteiger partial charge in [0.05, 0.1) is 6.07 Å². The molecule has 0 aromatic carbocycles. The highest BCUT2D eigenvalue weighted by molar-refractivity contribution is 5.85. The summed E-state index contributed by atoms with van der Waals surface area (Å²) in [6.45, 7) is 5.55. The molecular weight excluding hydrogens is 212 g/mol. The van der Waals surface area contributed by atoms with Gasteiger partial charge in [0.2, 0.25) is 5.91 Å². The molecule has 0 saturated carbocycles. The van der Waals surface area contributed by atoms with E-state index in [9.17, 15) is 10.1 Å². The molecule has 17 heavy (non-hydrogen) atoms. The second kappa shape index (κ2) is 6.64. The topological polar surface area (TPSA) is 44.1 Å². The summed E-state index contributed by atoms with van der Waals surface area (Å²) in [6, 6.07) is 2.26. The molecule has 0 atom stereocenters. The van der Waals surface area contributed by atoms with Crippen molar-refractivity contribution in [3.05, 3.63) is 0 Å². The number of hydrogen-bond donors (Lipinski definition) is 0. The lowest BCUT2D eigenvalue weighted by Crippen LogP contribution is -2.44. The van der Waals surface area contributed by atoms with Crippen LogP contribution < -0.4 is 0 Å². The lowest BCUT2D eigenvalue weighted by atomic mass is 9.82. The highest BCUT2D eigenvalue weighted by Crippen LogP contribution is 2.29. The third kappa shape index (κ3) is 3.21. The quantitative estimate of drug-likeness (QED) is 0.755. The van der Waals surface area contributed by atoms with E-state index in [0.29, 0.717) is 12.8 Å². The van der Waals surface area contributed by atoms with Crippen LogP contribution in [0.25, 0.3) is 0 Å². The maximum atomic E-state index is 12.5. The van der Waals surface area contributed by atoms with Crippen molar-refractivity contribution in [1.29, 1.82) is 5.26 Å². The van der Waals surface area contributed by atoms with Crippen LogP contribution in [0.15, 0.2) is 0 Å². The van der Waals surface area contributed by atoms with Crippen LogP contribution in [0.3, 0.4) is 0 Å². The van der Waals surface area contributed by atoms with Crippen molar-refractivity contribution in [2.24, 2.45) is 5.41 Å². The zero-order chi connectivity index (χ0) is 12.7. The van der Waals surface area contributed by atoms with Gasteiger partial charge < -0.3 is 4.90 Å². The predicted molar refractivity (Wildman–Crippen MR) is 68.3 cm³/mol. The Morgan fingerprint density at radius 3 is 2.00 bits per heavy atom. The van der Waals surface area contributed by atoms with E-state index in [-0.39, 0.29) is 5.91 Å². The number of carbonyl (C=O) groups excluding carboxylic acids is 1. The maximum absolute atomic E-state index is 12.5. The molecule has 0 radical (unpaired) electrons. The van der Waals surface area contributed by atoms with Crippen LogP contribution in [0.1, 0.15) is 58.8 Å². The molecule has 0 aliphatic carbocycles. The van der Waals surface area contributed by atoms with Gasteiger partial charge in [0.15, 0.2) is 0 Å². The minimum Gasteiger partial charge on any atom is -0.341 e. The third-order valence-electron chi connectivity index (χ3n) is 3.97. The van der Waals surface area contributed by atoms with Gasteiger partial charge in [-0.3, -0.25) is 4.79 Å². The number of carbonyl (C=O) groups is 1. The lowest BCUT2D eigenvalue weighted by molar-refractivity contribution is -0.139. The van der Waals surface area contributed by atoms with Gasteiger partial charge in [0.1, 0.15) is 5.41 Å². The molecule has 3 nitrogen and oxygen atoms in total. The SMILES string of the molecule is CCC(C#N)(CC)C(=O)N1CCCCCCC1. The van der Waals surface area contributed by atoms with Crippen molar-refractivity contribution in [2.45, 2.75) is 58.8 Å². The molecule has 1 fully saturated rings. The Bertz CT molecular complexity index is 281. The van der Waals surface area contributed by atoms with Crippen LogP contribution in [0.4, 0.5) is 0 Å². The molecule has 1 amide bonds. The monoisotopic (exact) mass is 236 g/mol. The first-order valence-electron chi connectivity index (χ1n) is 6.91. The summed E-state index contributed by atoms with van der Waals surface area (Å²) in [4.78, 5) is 14.4. The van der Waals surface area contributed by atoms with Crippen LogP contribution in [0.5, 0.6) is 0 Å². The molecule has 0 aromatic heterocycles. The van der Waals surface area contributed by atoms with Crippen LogP contribution in [-0.4, -0.2) is 23.9 Å². The second-order valence-electron chi connectivity index (χ2n) is 4.96. The van der Waals surface area contributed by atoms with Gasteiger partial charge in [-0.1, -0.05) is 33.1 Å². The number of nitriles is 1. The summed E-state index contributed by atoms with van der Waals surface area (Å²) in [5, 5.41) is 9.31. The summed E-state index contributed by atoms with van der Waals surface area (Å²) < 4.78 is 0. The van der Waals surface area contributed by atoms with Gasteiger partial charge in [-0.05, 0) is 25.7 Å². The minimum atomic E-state index is -0.779. The molecule has 96 valence electrons. The standard InChI is InChI=1S/C14H24N2O/c1-3-14(4-2,12-15)13(17)16-10-8-6-5-7-9-11-16/h3-11H2,1-2H3. The molecular formula is C14H24N2O. The molecule has 0 N–H and O–H groups in total. The Balaban J connectivity index is 2.75. The Kier molecular flexibility index (Phi) is 5.47. The van der Waals surface area contributed by atoms with E-state index in [1.165, 1.54) is 19.3 Å². The average Bonchev–Trinajstić information content (AvgIpc) is 2.31. The van der Waals surface area contributed by atoms with E-state index in [1.54, 1.807) is 0 Å². The fraction of sp³-hybridized carbons (Fsp3) is 0.857. The molecule has 1 rings (SSSR count). The zero-order valence-corrected chi connectivity index (χ0v) is 11.2. The van der Waals surface area contributed by atoms with Crippen molar-refractivity contribution in [2.75, 3.05) is 13.1 Å². The second-order valence-corrected chi connectivity index (χ2v) is 4.96. The summed E-state index contributed by atoms with van der Waals surface area (Å²) >= 11 is 0. The van der Waals surface area contributed by atoms with Crippen molar-refractivity contribution < 1.29 is 4.79 Å². The van der Waals surface area contributed by atoms with Crippen molar-refractivity contribution in [3.63, 3.8) is 0 Å². The molecule has 1 saturated heterocycles. The van der Waals surface area contributed by atoms with Gasteiger partial charge >= 0.3 is 0 Å². The fourth-order valence-electron chi connectivity index (χ4n) is 2.51. The summed E-state index contributed by atoms with van der Waals surface area (Å²) in [7, 11) is 0. The normalized spacial score (nSPS) is 18.1. The smallest absolute Gasteiger partial charge is 0.243 e. The van der Waals surface area contributed by atoms with Crippen LogP contribution >= 0.6 is 0 Å². The first kappa shape index (κ1) is 14.0. The number of likely N-dealkylation sites (tertiary alicyclic amines) is 1. The largest absolute Gasteiger partial charge is 0.341 e. The van der Waals surface area contributed by atoms with E-state index in [2.05, 4.69) is 6.07 Å². The third-order valence-corrected chi connectivity index (χ3v) is 3.97. The first-order chi connectivity index (χ1) is 8.20. The van der Waals surface area contributed by atoms with E-state index in [4.69, 9.17) is 0 Å². The van der Waals surface area contributed by atoms with Crippen molar-refractivity contribution >= 4 is 5.91 Å². The van der Waals surface area contributed by atoms with Crippen LogP contribution in [0.2, 0.25) is 0 Å². The van der Waals surface area contributed by atoms with Crippen molar-refractivity contribution in [3.8, 4) is 6.07 Å². The number of amides is 1. The molecule has 1 heterocycles. The minimum absolute atomic E-state index is 0.0619. The summed E-state index contributed by atoms with van der Waals surface area (Å²) in [5.74, 6) is 0.0619. The first-order valence-corrected chi connectivity index (χ1v) is 6.91. The lowest BCUT2D eigenvalue weighted by Gasteiger charge is -2.32. The number of rotatable bonds is 3. The number of nitrogens with zero attached hydrogens (tertiary/aromatic N) is 2. The van der Waals surface area contributed by atoms with Gasteiger partial charge in [0, 0.05) is 13.1 Å².